The number of nitrogens with zero attached hydrogens (tertiary/aromatic N) is 2. The van der Waals surface area contributed by atoms with E-state index in [1.165, 1.54) is 94.3 Å². The van der Waals surface area contributed by atoms with Crippen molar-refractivity contribution < 1.29 is 0 Å². The molecule has 0 N–H and O–H groups in total. The Morgan fingerprint density at radius 3 is 1.23 bits per heavy atom. The Bertz CT molecular complexity index is 3470. The third-order valence-corrected chi connectivity index (χ3v) is 13.6. The van der Waals surface area contributed by atoms with Gasteiger partial charge in [-0.25, -0.2) is 0 Å². The van der Waals surface area contributed by atoms with Gasteiger partial charge in [0.2, 0.25) is 0 Å². The van der Waals surface area contributed by atoms with Gasteiger partial charge in [-0.1, -0.05) is 190 Å². The van der Waals surface area contributed by atoms with Gasteiger partial charge in [0.15, 0.2) is 0 Å². The van der Waals surface area contributed by atoms with Crippen LogP contribution in [0.1, 0.15) is 25.0 Å². The normalized spacial score (nSPS) is 12.6. The van der Waals surface area contributed by atoms with E-state index in [1.54, 1.807) is 0 Å². The van der Waals surface area contributed by atoms with Gasteiger partial charge in [0.05, 0.1) is 11.0 Å². The number of anilines is 3. The van der Waals surface area contributed by atoms with E-state index in [0.29, 0.717) is 0 Å². The molecule has 2 heteroatoms. The summed E-state index contributed by atoms with van der Waals surface area (Å²) in [6, 6.07) is 88.7. The highest BCUT2D eigenvalue weighted by Gasteiger charge is 2.36. The van der Waals surface area contributed by atoms with Crippen molar-refractivity contribution in [2.24, 2.45) is 0 Å². The molecule has 2 nitrogen and oxygen atoms in total. The van der Waals surface area contributed by atoms with E-state index in [4.69, 9.17) is 0 Å². The van der Waals surface area contributed by atoms with Gasteiger partial charge < -0.3 is 9.47 Å². The van der Waals surface area contributed by atoms with E-state index in [-0.39, 0.29) is 5.41 Å². The van der Waals surface area contributed by atoms with Crippen molar-refractivity contribution in [3.05, 3.63) is 254 Å². The number of hydrogen-bond donors (Lipinski definition) is 0. The smallest absolute Gasteiger partial charge is 0.0541 e. The first kappa shape index (κ1) is 38.5. The Hall–Kier alpha value is -8.20. The molecule has 65 heavy (non-hydrogen) atoms. The zero-order valence-electron chi connectivity index (χ0n) is 36.5. The first-order chi connectivity index (χ1) is 32.0. The maximum absolute atomic E-state index is 2.43. The third kappa shape index (κ3) is 6.65. The first-order valence-corrected chi connectivity index (χ1v) is 22.6. The molecular weight excluding hydrogens is 785 g/mol. The monoisotopic (exact) mass is 830 g/mol. The summed E-state index contributed by atoms with van der Waals surface area (Å²) in [4.78, 5) is 2.41. The maximum Gasteiger partial charge on any atom is 0.0541 e. The highest BCUT2D eigenvalue weighted by Crippen LogP contribution is 2.52. The summed E-state index contributed by atoms with van der Waals surface area (Å²) in [6.45, 7) is 4.77. The first-order valence-electron chi connectivity index (χ1n) is 22.6. The van der Waals surface area contributed by atoms with Crippen molar-refractivity contribution in [3.63, 3.8) is 0 Å². The molecule has 308 valence electrons. The molecule has 0 aliphatic heterocycles. The van der Waals surface area contributed by atoms with Crippen LogP contribution in [0.4, 0.5) is 17.1 Å². The minimum atomic E-state index is -0.232. The average Bonchev–Trinajstić information content (AvgIpc) is 3.82. The van der Waals surface area contributed by atoms with Crippen molar-refractivity contribution >= 4 is 38.9 Å². The summed E-state index contributed by atoms with van der Waals surface area (Å²) in [5.41, 5.74) is 21.7. The molecular formula is C63H46N2. The fourth-order valence-electron chi connectivity index (χ4n) is 10.2. The van der Waals surface area contributed by atoms with Gasteiger partial charge >= 0.3 is 0 Å². The molecule has 1 aliphatic carbocycles. The summed E-state index contributed by atoms with van der Waals surface area (Å²) in [7, 11) is 0. The molecule has 11 aromatic rings. The van der Waals surface area contributed by atoms with E-state index < -0.39 is 0 Å². The predicted molar refractivity (Wildman–Crippen MR) is 275 cm³/mol. The van der Waals surface area contributed by atoms with E-state index in [0.717, 1.165) is 17.1 Å². The number of benzene rings is 10. The van der Waals surface area contributed by atoms with Crippen LogP contribution in [0.2, 0.25) is 0 Å². The lowest BCUT2D eigenvalue weighted by molar-refractivity contribution is 0.660. The Kier molecular flexibility index (Phi) is 9.21. The van der Waals surface area contributed by atoms with Crippen molar-refractivity contribution in [3.8, 4) is 61.3 Å². The Labute approximate surface area is 381 Å². The highest BCUT2D eigenvalue weighted by atomic mass is 15.1. The molecule has 0 bridgehead atoms. The van der Waals surface area contributed by atoms with Gasteiger partial charge in [0.25, 0.3) is 0 Å². The molecule has 1 heterocycles. The van der Waals surface area contributed by atoms with E-state index in [2.05, 4.69) is 266 Å². The van der Waals surface area contributed by atoms with E-state index >= 15 is 0 Å². The van der Waals surface area contributed by atoms with Gasteiger partial charge in [-0.3, -0.25) is 0 Å². The minimum Gasteiger partial charge on any atom is -0.310 e. The Morgan fingerprint density at radius 2 is 0.692 bits per heavy atom. The zero-order valence-corrected chi connectivity index (χ0v) is 36.5. The second kappa shape index (κ2) is 15.6. The lowest BCUT2D eigenvalue weighted by Gasteiger charge is -2.28. The van der Waals surface area contributed by atoms with Crippen LogP contribution in [0.15, 0.2) is 243 Å². The van der Waals surface area contributed by atoms with Crippen LogP contribution < -0.4 is 4.90 Å². The molecule has 0 unspecified atom stereocenters. The Balaban J connectivity index is 0.929. The lowest BCUT2D eigenvalue weighted by Crippen LogP contribution is -2.17. The topological polar surface area (TPSA) is 8.17 Å². The van der Waals surface area contributed by atoms with E-state index in [1.807, 2.05) is 0 Å². The predicted octanol–water partition coefficient (Wildman–Crippen LogP) is 17.2. The lowest BCUT2D eigenvalue weighted by atomic mass is 9.82. The van der Waals surface area contributed by atoms with Crippen molar-refractivity contribution in [2.45, 2.75) is 19.3 Å². The van der Waals surface area contributed by atoms with Crippen LogP contribution in [-0.4, -0.2) is 4.57 Å². The molecule has 0 saturated heterocycles. The molecule has 0 atom stereocenters. The quantitative estimate of drug-likeness (QED) is 0.148. The van der Waals surface area contributed by atoms with Crippen molar-refractivity contribution in [1.29, 1.82) is 0 Å². The van der Waals surface area contributed by atoms with Crippen LogP contribution in [0.25, 0.3) is 83.1 Å². The maximum atomic E-state index is 2.43. The molecule has 10 aromatic carbocycles. The minimum absolute atomic E-state index is 0.232. The van der Waals surface area contributed by atoms with Crippen molar-refractivity contribution in [2.75, 3.05) is 4.90 Å². The Morgan fingerprint density at radius 1 is 0.308 bits per heavy atom. The van der Waals surface area contributed by atoms with E-state index in [9.17, 15) is 0 Å². The van der Waals surface area contributed by atoms with Crippen LogP contribution in [-0.2, 0) is 5.41 Å². The van der Waals surface area contributed by atoms with Gasteiger partial charge in [-0.2, -0.15) is 0 Å². The summed E-state index contributed by atoms with van der Waals surface area (Å²) in [5.74, 6) is 0. The number of para-hydroxylation sites is 2. The average molecular weight is 831 g/mol. The number of rotatable bonds is 8. The van der Waals surface area contributed by atoms with Gasteiger partial charge in [-0.15, -0.1) is 0 Å². The number of hydrogen-bond acceptors (Lipinski definition) is 1. The summed E-state index contributed by atoms with van der Waals surface area (Å²) in [5, 5.41) is 2.55. The molecule has 0 saturated carbocycles. The summed E-state index contributed by atoms with van der Waals surface area (Å²) >= 11 is 0. The van der Waals surface area contributed by atoms with Gasteiger partial charge in [-0.05, 0) is 133 Å². The van der Waals surface area contributed by atoms with Crippen LogP contribution >= 0.6 is 0 Å². The molecule has 1 aromatic heterocycles. The standard InChI is InChI=1S/C63H46N2/c1-63(2)59-41-53(36-38-55(59)56-39-37-54(42-60(56)63)65-61-22-11-9-20-57(61)58-21-10-12-23-62(58)65)64(51-32-28-47(29-33-51)46-26-24-45(25-27-46)43-14-5-3-6-15-43)52-34-30-48(31-35-52)50-19-13-18-49(40-50)44-16-7-4-8-17-44/h3-42H,1-2H3. The number of aromatic nitrogens is 1. The third-order valence-electron chi connectivity index (χ3n) is 13.6. The van der Waals surface area contributed by atoms with Crippen molar-refractivity contribution in [1.82, 2.24) is 4.57 Å². The number of fused-ring (bicyclic) bond motifs is 6. The zero-order chi connectivity index (χ0) is 43.5. The second-order valence-electron chi connectivity index (χ2n) is 17.8. The SMILES string of the molecule is CC1(C)c2cc(N(c3ccc(-c4ccc(-c5ccccc5)cc4)cc3)c3ccc(-c4cccc(-c5ccccc5)c4)cc3)ccc2-c2ccc(-n3c4ccccc4c4ccccc43)cc21. The van der Waals surface area contributed by atoms with Crippen LogP contribution in [0.5, 0.6) is 0 Å². The summed E-state index contributed by atoms with van der Waals surface area (Å²) < 4.78 is 2.43. The molecule has 0 radical (unpaired) electrons. The largest absolute Gasteiger partial charge is 0.310 e. The van der Waals surface area contributed by atoms with Gasteiger partial charge in [0, 0.05) is 38.9 Å². The van der Waals surface area contributed by atoms with Crippen LogP contribution in [0, 0.1) is 0 Å². The molecule has 12 rings (SSSR count). The van der Waals surface area contributed by atoms with Gasteiger partial charge in [0.1, 0.15) is 0 Å². The fraction of sp³-hybridized carbons (Fsp3) is 0.0476. The second-order valence-corrected chi connectivity index (χ2v) is 17.8. The molecule has 0 amide bonds. The summed E-state index contributed by atoms with van der Waals surface area (Å²) in [6.07, 6.45) is 0. The molecule has 0 fully saturated rings. The van der Waals surface area contributed by atoms with Crippen LogP contribution in [0.3, 0.4) is 0 Å². The molecule has 0 spiro atoms. The fourth-order valence-corrected chi connectivity index (χ4v) is 10.2. The molecule has 1 aliphatic rings. The highest BCUT2D eigenvalue weighted by molar-refractivity contribution is 6.09.